The number of fused-ring (bicyclic) bond motifs is 1. The highest BCUT2D eigenvalue weighted by molar-refractivity contribution is 6.00. The van der Waals surface area contributed by atoms with Gasteiger partial charge in [0.2, 0.25) is 0 Å². The first kappa shape index (κ1) is 13.9. The second-order valence-electron chi connectivity index (χ2n) is 4.50. The van der Waals surface area contributed by atoms with Gasteiger partial charge in [0.1, 0.15) is 0 Å². The minimum absolute atomic E-state index is 0.224. The molecule has 106 valence electrons. The second-order valence-corrected chi connectivity index (χ2v) is 4.50. The molecule has 0 saturated carbocycles. The number of carbonyl (C=O) groups is 2. The van der Waals surface area contributed by atoms with Crippen LogP contribution >= 0.6 is 0 Å². The van der Waals surface area contributed by atoms with Crippen molar-refractivity contribution in [3.63, 3.8) is 0 Å². The van der Waals surface area contributed by atoms with Crippen LogP contribution in [0.2, 0.25) is 0 Å². The Labute approximate surface area is 116 Å². The zero-order chi connectivity index (χ0) is 14.5. The van der Waals surface area contributed by atoms with E-state index in [0.717, 1.165) is 10.9 Å². The summed E-state index contributed by atoms with van der Waals surface area (Å²) in [7, 11) is 1.32. The maximum absolute atomic E-state index is 11.8. The highest BCUT2D eigenvalue weighted by Gasteiger charge is 2.14. The number of nitrogens with one attached hydrogen (secondary N) is 3. The monoisotopic (exact) mass is 275 g/mol. The van der Waals surface area contributed by atoms with Gasteiger partial charge < -0.3 is 20.4 Å². The lowest BCUT2D eigenvalue weighted by Crippen LogP contribution is -2.35. The van der Waals surface area contributed by atoms with Crippen LogP contribution in [0.3, 0.4) is 0 Å². The molecule has 0 radical (unpaired) electrons. The Bertz CT molecular complexity index is 621. The molecule has 0 spiro atoms. The van der Waals surface area contributed by atoms with Gasteiger partial charge in [-0.25, -0.2) is 4.79 Å². The van der Waals surface area contributed by atoms with Gasteiger partial charge in [-0.15, -0.1) is 0 Å². The molecule has 20 heavy (non-hydrogen) atoms. The predicted octanol–water partition coefficient (Wildman–Crippen LogP) is 2.10. The van der Waals surface area contributed by atoms with Crippen LogP contribution in [0.4, 0.5) is 10.5 Å². The second kappa shape index (κ2) is 6.10. The van der Waals surface area contributed by atoms with Crippen molar-refractivity contribution in [1.29, 1.82) is 0 Å². The van der Waals surface area contributed by atoms with Gasteiger partial charge in [-0.3, -0.25) is 4.79 Å². The van der Waals surface area contributed by atoms with E-state index in [1.165, 1.54) is 7.11 Å². The van der Waals surface area contributed by atoms with Crippen molar-refractivity contribution in [2.75, 3.05) is 19.0 Å². The van der Waals surface area contributed by atoms with E-state index in [1.54, 1.807) is 6.92 Å². The lowest BCUT2D eigenvalue weighted by molar-refractivity contribution is -0.144. The number of carbonyl (C=O) groups excluding carboxylic acids is 2. The summed E-state index contributed by atoms with van der Waals surface area (Å²) in [4.78, 5) is 26.1. The lowest BCUT2D eigenvalue weighted by atomic mass is 10.2. The van der Waals surface area contributed by atoms with Crippen molar-refractivity contribution in [3.8, 4) is 0 Å². The molecule has 1 aromatic heterocycles. The summed E-state index contributed by atoms with van der Waals surface area (Å²) in [5.41, 5.74) is 1.66. The fraction of sp³-hybridized carbons (Fsp3) is 0.286. The van der Waals surface area contributed by atoms with Gasteiger partial charge in [-0.2, -0.15) is 0 Å². The summed E-state index contributed by atoms with van der Waals surface area (Å²) < 4.78 is 4.60. The maximum Gasteiger partial charge on any atom is 0.319 e. The van der Waals surface area contributed by atoms with Crippen LogP contribution in [0.5, 0.6) is 0 Å². The number of H-pyrrole nitrogens is 1. The average molecular weight is 275 g/mol. The lowest BCUT2D eigenvalue weighted by Gasteiger charge is -2.12. The van der Waals surface area contributed by atoms with E-state index in [0.29, 0.717) is 5.69 Å². The Balaban J connectivity index is 1.95. The number of amides is 2. The summed E-state index contributed by atoms with van der Waals surface area (Å²) in [6, 6.07) is 7.14. The summed E-state index contributed by atoms with van der Waals surface area (Å²) in [5.74, 6) is -0.730. The zero-order valence-electron chi connectivity index (χ0n) is 11.4. The largest absolute Gasteiger partial charge is 0.469 e. The molecule has 0 aliphatic carbocycles. The number of aromatic nitrogens is 1. The van der Waals surface area contributed by atoms with Gasteiger partial charge in [0.05, 0.1) is 18.7 Å². The van der Waals surface area contributed by atoms with Crippen LogP contribution in [0.1, 0.15) is 6.92 Å². The van der Waals surface area contributed by atoms with Crippen molar-refractivity contribution in [3.05, 3.63) is 30.5 Å². The van der Waals surface area contributed by atoms with E-state index in [1.807, 2.05) is 30.5 Å². The third kappa shape index (κ3) is 3.09. The van der Waals surface area contributed by atoms with Crippen molar-refractivity contribution in [2.24, 2.45) is 5.92 Å². The van der Waals surface area contributed by atoms with Crippen molar-refractivity contribution in [2.45, 2.75) is 6.92 Å². The van der Waals surface area contributed by atoms with Crippen molar-refractivity contribution >= 4 is 28.6 Å². The Morgan fingerprint density at radius 1 is 1.35 bits per heavy atom. The maximum atomic E-state index is 11.8. The molecule has 2 amide bonds. The quantitative estimate of drug-likeness (QED) is 0.747. The fourth-order valence-electron chi connectivity index (χ4n) is 1.89. The number of esters is 1. The molecule has 0 aliphatic rings. The topological polar surface area (TPSA) is 83.2 Å². The number of methoxy groups -OCH3 is 1. The Kier molecular flexibility index (Phi) is 4.24. The molecule has 6 nitrogen and oxygen atoms in total. The van der Waals surface area contributed by atoms with E-state index in [9.17, 15) is 9.59 Å². The van der Waals surface area contributed by atoms with E-state index < -0.39 is 0 Å². The normalized spacial score (nSPS) is 11.9. The summed E-state index contributed by atoms with van der Waals surface area (Å²) in [5, 5.41) is 6.34. The number of aromatic amines is 1. The van der Waals surface area contributed by atoms with Crippen LogP contribution in [0.15, 0.2) is 30.5 Å². The van der Waals surface area contributed by atoms with E-state index in [4.69, 9.17) is 0 Å². The van der Waals surface area contributed by atoms with Crippen molar-refractivity contribution < 1.29 is 14.3 Å². The van der Waals surface area contributed by atoms with Crippen LogP contribution in [-0.4, -0.2) is 30.6 Å². The molecule has 3 N–H and O–H groups in total. The SMILES string of the molecule is COC(=O)[C@H](C)CNC(=O)Nc1cccc2[nH]ccc12. The highest BCUT2D eigenvalue weighted by Crippen LogP contribution is 2.21. The minimum atomic E-state index is -0.381. The summed E-state index contributed by atoms with van der Waals surface area (Å²) in [6.45, 7) is 1.92. The molecule has 1 aromatic carbocycles. The number of hydrogen-bond acceptors (Lipinski definition) is 3. The number of anilines is 1. The third-order valence-corrected chi connectivity index (χ3v) is 3.02. The first-order valence-corrected chi connectivity index (χ1v) is 6.30. The zero-order valence-corrected chi connectivity index (χ0v) is 11.4. The molecular formula is C14H17N3O3. The first-order valence-electron chi connectivity index (χ1n) is 6.30. The molecule has 2 rings (SSSR count). The van der Waals surface area contributed by atoms with Gasteiger partial charge in [-0.05, 0) is 18.2 Å². The Morgan fingerprint density at radius 2 is 2.15 bits per heavy atom. The molecule has 2 aromatic rings. The molecule has 6 heteroatoms. The fourth-order valence-corrected chi connectivity index (χ4v) is 1.89. The number of hydrogen-bond donors (Lipinski definition) is 3. The molecule has 1 heterocycles. The Morgan fingerprint density at radius 3 is 2.90 bits per heavy atom. The van der Waals surface area contributed by atoms with Gasteiger partial charge in [-0.1, -0.05) is 13.0 Å². The third-order valence-electron chi connectivity index (χ3n) is 3.02. The standard InChI is InChI=1S/C14H17N3O3/c1-9(13(18)20-2)8-16-14(19)17-12-5-3-4-11-10(12)6-7-15-11/h3-7,9,15H,8H2,1-2H3,(H2,16,17,19)/t9-/m1/s1. The highest BCUT2D eigenvalue weighted by atomic mass is 16.5. The number of ether oxygens (including phenoxy) is 1. The smallest absolute Gasteiger partial charge is 0.319 e. The van der Waals surface area contributed by atoms with E-state index in [-0.39, 0.29) is 24.5 Å². The van der Waals surface area contributed by atoms with Crippen molar-refractivity contribution in [1.82, 2.24) is 10.3 Å². The van der Waals surface area contributed by atoms with Gasteiger partial charge in [0.25, 0.3) is 0 Å². The van der Waals surface area contributed by atoms with E-state index in [2.05, 4.69) is 20.4 Å². The Hall–Kier alpha value is -2.50. The van der Waals surface area contributed by atoms with Crippen LogP contribution < -0.4 is 10.6 Å². The molecule has 1 atom stereocenters. The van der Waals surface area contributed by atoms with E-state index >= 15 is 0 Å². The molecular weight excluding hydrogens is 258 g/mol. The predicted molar refractivity (Wildman–Crippen MR) is 76.5 cm³/mol. The minimum Gasteiger partial charge on any atom is -0.469 e. The van der Waals surface area contributed by atoms with Gasteiger partial charge >= 0.3 is 12.0 Å². The number of benzene rings is 1. The van der Waals surface area contributed by atoms with Crippen LogP contribution in [0, 0.1) is 5.92 Å². The average Bonchev–Trinajstić information content (AvgIpc) is 2.93. The summed E-state index contributed by atoms with van der Waals surface area (Å²) in [6.07, 6.45) is 1.81. The van der Waals surface area contributed by atoms with Gasteiger partial charge in [0.15, 0.2) is 0 Å². The van der Waals surface area contributed by atoms with Crippen LogP contribution in [-0.2, 0) is 9.53 Å². The van der Waals surface area contributed by atoms with Crippen LogP contribution in [0.25, 0.3) is 10.9 Å². The number of rotatable bonds is 4. The molecule has 0 aliphatic heterocycles. The molecule has 0 bridgehead atoms. The molecule has 0 fully saturated rings. The first-order chi connectivity index (χ1) is 9.61. The number of urea groups is 1. The summed E-state index contributed by atoms with van der Waals surface area (Å²) >= 11 is 0. The molecule has 0 unspecified atom stereocenters. The molecule has 0 saturated heterocycles. The van der Waals surface area contributed by atoms with Gasteiger partial charge in [0, 0.05) is 23.6 Å².